The first-order chi connectivity index (χ1) is 8.58. The molecule has 98 valence electrons. The molecule has 0 spiro atoms. The van der Waals surface area contributed by atoms with Crippen LogP contribution in [0.15, 0.2) is 29.0 Å². The van der Waals surface area contributed by atoms with Crippen LogP contribution in [0.4, 0.5) is 0 Å². The molecule has 1 aromatic heterocycles. The number of aromatic nitrogens is 2. The summed E-state index contributed by atoms with van der Waals surface area (Å²) in [6.45, 7) is 8.27. The average Bonchev–Trinajstić information content (AvgIpc) is 2.79. The van der Waals surface area contributed by atoms with Gasteiger partial charge in [0.05, 0.1) is 6.20 Å². The van der Waals surface area contributed by atoms with E-state index < -0.39 is 0 Å². The molecule has 0 radical (unpaired) electrons. The topological polar surface area (TPSA) is 42.5 Å². The van der Waals surface area contributed by atoms with Crippen molar-refractivity contribution in [3.05, 3.63) is 24.5 Å². The van der Waals surface area contributed by atoms with Crippen LogP contribution >= 0.6 is 0 Å². The highest BCUT2D eigenvalue weighted by atomic mass is 15.2. The number of aryl methyl sites for hydroxylation is 1. The van der Waals surface area contributed by atoms with E-state index >= 15 is 0 Å². The molecule has 0 fully saturated rings. The summed E-state index contributed by atoms with van der Waals surface area (Å²) in [6, 6.07) is 0. The Labute approximate surface area is 109 Å². The molecule has 1 rings (SSSR count). The summed E-state index contributed by atoms with van der Waals surface area (Å²) in [5, 5.41) is 4.14. The predicted octanol–water partition coefficient (Wildman–Crippen LogP) is 3.11. The van der Waals surface area contributed by atoms with Crippen LogP contribution in [0.3, 0.4) is 0 Å². The van der Waals surface area contributed by atoms with Crippen LogP contribution in [0.1, 0.15) is 38.7 Å². The Bertz CT molecular complexity index is 466. The lowest BCUT2D eigenvalue weighted by Gasteiger charge is -2.04. The third-order valence-electron chi connectivity index (χ3n) is 2.72. The zero-order chi connectivity index (χ0) is 13.5. The number of nitrogens with zero attached hydrogens (tertiary/aromatic N) is 4. The zero-order valence-electron chi connectivity index (χ0n) is 11.8. The molecule has 4 nitrogen and oxygen atoms in total. The van der Waals surface area contributed by atoms with Crippen molar-refractivity contribution in [1.29, 1.82) is 0 Å². The number of hydrogen-bond acceptors (Lipinski definition) is 2. The highest BCUT2D eigenvalue weighted by Gasteiger charge is 2.08. The first kappa shape index (κ1) is 14.4. The van der Waals surface area contributed by atoms with Gasteiger partial charge in [-0.05, 0) is 19.8 Å². The number of aliphatic imine (C=N–C) groups is 2. The molecule has 4 heteroatoms. The molecule has 0 bridgehead atoms. The van der Waals surface area contributed by atoms with Crippen molar-refractivity contribution in [2.75, 3.05) is 7.05 Å². The van der Waals surface area contributed by atoms with Crippen molar-refractivity contribution < 1.29 is 0 Å². The minimum Gasteiger partial charge on any atom is -0.275 e. The summed E-state index contributed by atoms with van der Waals surface area (Å²) in [5.74, 6) is 0.691. The molecule has 0 aliphatic rings. The standard InChI is InChI=1S/C14H22N4/c1-6-7-8-11(2)17-14(15-4)12(3)13-9-16-18(5)10-13/h9-10H,3,6-8H2,1-2,4-5H3. The monoisotopic (exact) mass is 246 g/mol. The van der Waals surface area contributed by atoms with Gasteiger partial charge >= 0.3 is 0 Å². The molecule has 0 amide bonds. The normalized spacial score (nSPS) is 12.9. The van der Waals surface area contributed by atoms with E-state index in [-0.39, 0.29) is 0 Å². The summed E-state index contributed by atoms with van der Waals surface area (Å²) in [4.78, 5) is 8.76. The van der Waals surface area contributed by atoms with Gasteiger partial charge in [-0.2, -0.15) is 5.10 Å². The van der Waals surface area contributed by atoms with E-state index in [1.807, 2.05) is 20.2 Å². The first-order valence-electron chi connectivity index (χ1n) is 6.27. The Hall–Kier alpha value is -1.71. The molecule has 18 heavy (non-hydrogen) atoms. The van der Waals surface area contributed by atoms with Crippen molar-refractivity contribution in [3.8, 4) is 0 Å². The highest BCUT2D eigenvalue weighted by Crippen LogP contribution is 2.14. The maximum atomic E-state index is 4.55. The van der Waals surface area contributed by atoms with Gasteiger partial charge in [0.1, 0.15) is 0 Å². The largest absolute Gasteiger partial charge is 0.275 e. The number of rotatable bonds is 5. The number of unbranched alkanes of at least 4 members (excludes halogenated alkanes) is 1. The fourth-order valence-electron chi connectivity index (χ4n) is 1.63. The SMILES string of the molecule is C=C(C(N=C(C)CCCC)=NC)c1cnn(C)c1. The van der Waals surface area contributed by atoms with Gasteiger partial charge in [-0.25, -0.2) is 4.99 Å². The second-order valence-electron chi connectivity index (χ2n) is 4.38. The van der Waals surface area contributed by atoms with Gasteiger partial charge in [-0.1, -0.05) is 19.9 Å². The van der Waals surface area contributed by atoms with E-state index in [0.29, 0.717) is 5.84 Å². The van der Waals surface area contributed by atoms with Gasteiger partial charge in [0.2, 0.25) is 0 Å². The van der Waals surface area contributed by atoms with Crippen LogP contribution in [-0.4, -0.2) is 28.4 Å². The van der Waals surface area contributed by atoms with E-state index in [9.17, 15) is 0 Å². The molecule has 1 aromatic rings. The maximum Gasteiger partial charge on any atom is 0.154 e. The van der Waals surface area contributed by atoms with Crippen LogP contribution < -0.4 is 0 Å². The maximum absolute atomic E-state index is 4.55. The van der Waals surface area contributed by atoms with E-state index in [1.165, 1.54) is 6.42 Å². The van der Waals surface area contributed by atoms with Crippen LogP contribution in [-0.2, 0) is 7.05 Å². The quantitative estimate of drug-likeness (QED) is 0.581. The molecule has 0 aliphatic carbocycles. The molecular formula is C14H22N4. The molecule has 0 saturated heterocycles. The molecule has 0 saturated carbocycles. The first-order valence-corrected chi connectivity index (χ1v) is 6.27. The van der Waals surface area contributed by atoms with Crippen molar-refractivity contribution >= 4 is 17.1 Å². The zero-order valence-corrected chi connectivity index (χ0v) is 11.8. The van der Waals surface area contributed by atoms with Gasteiger partial charge in [0.25, 0.3) is 0 Å². The van der Waals surface area contributed by atoms with Crippen molar-refractivity contribution in [2.24, 2.45) is 17.0 Å². The van der Waals surface area contributed by atoms with E-state index in [4.69, 9.17) is 0 Å². The molecule has 0 atom stereocenters. The van der Waals surface area contributed by atoms with Crippen molar-refractivity contribution in [3.63, 3.8) is 0 Å². The fraction of sp³-hybridized carbons (Fsp3) is 0.500. The van der Waals surface area contributed by atoms with Gasteiger partial charge in [-0.15, -0.1) is 0 Å². The smallest absolute Gasteiger partial charge is 0.154 e. The van der Waals surface area contributed by atoms with Crippen molar-refractivity contribution in [1.82, 2.24) is 9.78 Å². The minimum atomic E-state index is 0.691. The summed E-state index contributed by atoms with van der Waals surface area (Å²) >= 11 is 0. The van der Waals surface area contributed by atoms with Crippen LogP contribution in [0, 0.1) is 0 Å². The summed E-state index contributed by atoms with van der Waals surface area (Å²) < 4.78 is 1.75. The Morgan fingerprint density at radius 1 is 1.50 bits per heavy atom. The van der Waals surface area contributed by atoms with Crippen LogP contribution in [0.2, 0.25) is 0 Å². The second kappa shape index (κ2) is 6.89. The summed E-state index contributed by atoms with van der Waals surface area (Å²) in [7, 11) is 3.63. The van der Waals surface area contributed by atoms with Gasteiger partial charge in [0.15, 0.2) is 5.84 Å². The lowest BCUT2D eigenvalue weighted by molar-refractivity contribution is 0.767. The molecule has 0 aliphatic heterocycles. The third kappa shape index (κ3) is 3.95. The Balaban J connectivity index is 2.82. The fourth-order valence-corrected chi connectivity index (χ4v) is 1.63. The molecular weight excluding hydrogens is 224 g/mol. The number of amidine groups is 1. The van der Waals surface area contributed by atoms with E-state index in [0.717, 1.165) is 29.7 Å². The Morgan fingerprint density at radius 3 is 2.72 bits per heavy atom. The second-order valence-corrected chi connectivity index (χ2v) is 4.38. The lowest BCUT2D eigenvalue weighted by Crippen LogP contribution is -2.02. The molecule has 0 aromatic carbocycles. The van der Waals surface area contributed by atoms with E-state index in [2.05, 4.69) is 28.6 Å². The summed E-state index contributed by atoms with van der Waals surface area (Å²) in [6.07, 6.45) is 7.05. The Morgan fingerprint density at radius 2 is 2.22 bits per heavy atom. The lowest BCUT2D eigenvalue weighted by atomic mass is 10.1. The predicted molar refractivity (Wildman–Crippen MR) is 78.2 cm³/mol. The van der Waals surface area contributed by atoms with Gasteiger partial charge < -0.3 is 0 Å². The summed E-state index contributed by atoms with van der Waals surface area (Å²) in [5.41, 5.74) is 2.88. The molecule has 0 N–H and O–H groups in total. The van der Waals surface area contributed by atoms with Gasteiger partial charge in [-0.3, -0.25) is 9.67 Å². The minimum absolute atomic E-state index is 0.691. The van der Waals surface area contributed by atoms with Crippen LogP contribution in [0.5, 0.6) is 0 Å². The Kier molecular flexibility index (Phi) is 5.49. The third-order valence-corrected chi connectivity index (χ3v) is 2.72. The average molecular weight is 246 g/mol. The molecule has 1 heterocycles. The van der Waals surface area contributed by atoms with Crippen LogP contribution in [0.25, 0.3) is 5.57 Å². The van der Waals surface area contributed by atoms with E-state index in [1.54, 1.807) is 17.9 Å². The number of hydrogen-bond donors (Lipinski definition) is 0. The molecule has 0 unspecified atom stereocenters. The van der Waals surface area contributed by atoms with Crippen molar-refractivity contribution in [2.45, 2.75) is 33.1 Å². The van der Waals surface area contributed by atoms with Gasteiger partial charge in [0, 0.05) is 37.1 Å². The highest BCUT2D eigenvalue weighted by molar-refractivity contribution is 6.24.